The molecular formula is C15H27NO2. The first-order valence-corrected chi connectivity index (χ1v) is 7.34. The highest BCUT2D eigenvalue weighted by Gasteiger charge is 2.37. The molecule has 1 saturated carbocycles. The van der Waals surface area contributed by atoms with Gasteiger partial charge in [0, 0.05) is 19.0 Å². The number of rotatable bonds is 1. The first kappa shape index (κ1) is 13.9. The highest BCUT2D eigenvalue weighted by Crippen LogP contribution is 2.42. The van der Waals surface area contributed by atoms with Crippen LogP contribution in [0.15, 0.2) is 0 Å². The number of nitrogens with zero attached hydrogens (tertiary/aromatic N) is 1. The van der Waals surface area contributed by atoms with Crippen LogP contribution in [0.25, 0.3) is 0 Å². The van der Waals surface area contributed by atoms with Gasteiger partial charge in [-0.25, -0.2) is 0 Å². The van der Waals surface area contributed by atoms with E-state index in [2.05, 4.69) is 20.8 Å². The lowest BCUT2D eigenvalue weighted by molar-refractivity contribution is -0.140. The fraction of sp³-hybridized carbons (Fsp3) is 0.933. The molecule has 0 spiro atoms. The summed E-state index contributed by atoms with van der Waals surface area (Å²) >= 11 is 0. The van der Waals surface area contributed by atoms with Crippen LogP contribution in [-0.2, 0) is 4.79 Å². The molecule has 1 aliphatic heterocycles. The van der Waals surface area contributed by atoms with E-state index in [9.17, 15) is 9.90 Å². The average Bonchev–Trinajstić information content (AvgIpc) is 2.26. The molecule has 3 heteroatoms. The maximum absolute atomic E-state index is 12.5. The van der Waals surface area contributed by atoms with Gasteiger partial charge in [-0.15, -0.1) is 0 Å². The predicted molar refractivity (Wildman–Crippen MR) is 72.1 cm³/mol. The third kappa shape index (κ3) is 3.25. The van der Waals surface area contributed by atoms with Gasteiger partial charge in [0.2, 0.25) is 5.91 Å². The fourth-order valence-electron chi connectivity index (χ4n) is 3.88. The molecule has 2 unspecified atom stereocenters. The van der Waals surface area contributed by atoms with E-state index in [-0.39, 0.29) is 12.0 Å². The first-order chi connectivity index (χ1) is 8.37. The topological polar surface area (TPSA) is 40.5 Å². The lowest BCUT2D eigenvalue weighted by Crippen LogP contribution is -2.45. The standard InChI is InChI=1S/C15H27NO2/c1-11-8-12(10-15(2,3)9-11)14(18)16-6-4-13(17)5-7-16/h11-13,17H,4-10H2,1-3H3. The van der Waals surface area contributed by atoms with E-state index in [4.69, 9.17) is 0 Å². The molecule has 2 rings (SSSR count). The van der Waals surface area contributed by atoms with E-state index in [1.165, 1.54) is 6.42 Å². The van der Waals surface area contributed by atoms with E-state index in [1.54, 1.807) is 0 Å². The van der Waals surface area contributed by atoms with Crippen LogP contribution in [-0.4, -0.2) is 35.1 Å². The number of amides is 1. The summed E-state index contributed by atoms with van der Waals surface area (Å²) in [5, 5.41) is 9.51. The summed E-state index contributed by atoms with van der Waals surface area (Å²) in [7, 11) is 0. The third-order valence-corrected chi connectivity index (χ3v) is 4.51. The van der Waals surface area contributed by atoms with Gasteiger partial charge in [0.1, 0.15) is 0 Å². The van der Waals surface area contributed by atoms with Crippen LogP contribution in [0.3, 0.4) is 0 Å². The van der Waals surface area contributed by atoms with E-state index in [1.807, 2.05) is 4.90 Å². The van der Waals surface area contributed by atoms with Crippen molar-refractivity contribution in [2.75, 3.05) is 13.1 Å². The summed E-state index contributed by atoms with van der Waals surface area (Å²) < 4.78 is 0. The first-order valence-electron chi connectivity index (χ1n) is 7.34. The molecule has 1 heterocycles. The van der Waals surface area contributed by atoms with Gasteiger partial charge in [0.05, 0.1) is 6.10 Å². The van der Waals surface area contributed by atoms with Crippen molar-refractivity contribution >= 4 is 5.91 Å². The average molecular weight is 253 g/mol. The van der Waals surface area contributed by atoms with Crippen molar-refractivity contribution in [2.45, 2.75) is 59.0 Å². The van der Waals surface area contributed by atoms with Crippen molar-refractivity contribution in [2.24, 2.45) is 17.3 Å². The van der Waals surface area contributed by atoms with Crippen LogP contribution in [0.1, 0.15) is 52.9 Å². The molecule has 0 bridgehead atoms. The smallest absolute Gasteiger partial charge is 0.225 e. The zero-order valence-electron chi connectivity index (χ0n) is 12.0. The minimum atomic E-state index is -0.198. The number of hydrogen-bond donors (Lipinski definition) is 1. The Balaban J connectivity index is 1.96. The van der Waals surface area contributed by atoms with E-state index in [0.717, 1.165) is 38.8 Å². The molecule has 18 heavy (non-hydrogen) atoms. The summed E-state index contributed by atoms with van der Waals surface area (Å²) in [5.41, 5.74) is 0.299. The second-order valence-electron chi connectivity index (χ2n) is 7.17. The van der Waals surface area contributed by atoms with E-state index < -0.39 is 0 Å². The summed E-state index contributed by atoms with van der Waals surface area (Å²) in [6.45, 7) is 8.31. The number of carbonyl (C=O) groups is 1. The Labute approximate surface area is 111 Å². The zero-order chi connectivity index (χ0) is 13.3. The maximum atomic E-state index is 12.5. The monoisotopic (exact) mass is 253 g/mol. The normalized spacial score (nSPS) is 33.4. The number of aliphatic hydroxyl groups excluding tert-OH is 1. The maximum Gasteiger partial charge on any atom is 0.225 e. The lowest BCUT2D eigenvalue weighted by Gasteiger charge is -2.41. The molecule has 1 saturated heterocycles. The molecule has 2 fully saturated rings. The van der Waals surface area contributed by atoms with Gasteiger partial charge in [0.25, 0.3) is 0 Å². The van der Waals surface area contributed by atoms with Crippen LogP contribution < -0.4 is 0 Å². The Hall–Kier alpha value is -0.570. The SMILES string of the molecule is CC1CC(C(=O)N2CCC(O)CC2)CC(C)(C)C1. The molecule has 3 nitrogen and oxygen atoms in total. The van der Waals surface area contributed by atoms with E-state index >= 15 is 0 Å². The zero-order valence-corrected chi connectivity index (χ0v) is 12.0. The Bertz CT molecular complexity index is 306. The second-order valence-corrected chi connectivity index (χ2v) is 7.17. The molecule has 104 valence electrons. The van der Waals surface area contributed by atoms with Gasteiger partial charge in [-0.1, -0.05) is 20.8 Å². The van der Waals surface area contributed by atoms with Crippen molar-refractivity contribution in [1.82, 2.24) is 4.90 Å². The highest BCUT2D eigenvalue weighted by molar-refractivity contribution is 5.79. The van der Waals surface area contributed by atoms with Crippen molar-refractivity contribution in [3.8, 4) is 0 Å². The Morgan fingerprint density at radius 3 is 2.39 bits per heavy atom. The molecular weight excluding hydrogens is 226 g/mol. The molecule has 2 atom stereocenters. The predicted octanol–water partition coefficient (Wildman–Crippen LogP) is 2.43. The van der Waals surface area contributed by atoms with Gasteiger partial charge in [-0.2, -0.15) is 0 Å². The summed E-state index contributed by atoms with van der Waals surface area (Å²) in [6.07, 6.45) is 4.59. The molecule has 0 aromatic rings. The number of likely N-dealkylation sites (tertiary alicyclic amines) is 1. The number of carbonyl (C=O) groups excluding carboxylic acids is 1. The Kier molecular flexibility index (Phi) is 4.00. The largest absolute Gasteiger partial charge is 0.393 e. The van der Waals surface area contributed by atoms with Crippen LogP contribution in [0.2, 0.25) is 0 Å². The lowest BCUT2D eigenvalue weighted by atomic mass is 9.67. The molecule has 1 amide bonds. The van der Waals surface area contributed by atoms with Gasteiger partial charge in [-0.3, -0.25) is 4.79 Å². The van der Waals surface area contributed by atoms with Crippen molar-refractivity contribution in [1.29, 1.82) is 0 Å². The fourth-order valence-corrected chi connectivity index (χ4v) is 3.88. The van der Waals surface area contributed by atoms with Gasteiger partial charge in [-0.05, 0) is 43.4 Å². The molecule has 0 aromatic heterocycles. The van der Waals surface area contributed by atoms with E-state index in [0.29, 0.717) is 17.2 Å². The Morgan fingerprint density at radius 2 is 1.83 bits per heavy atom. The summed E-state index contributed by atoms with van der Waals surface area (Å²) in [5.74, 6) is 1.19. The summed E-state index contributed by atoms with van der Waals surface area (Å²) in [6, 6.07) is 0. The third-order valence-electron chi connectivity index (χ3n) is 4.51. The minimum absolute atomic E-state index is 0.198. The van der Waals surface area contributed by atoms with Crippen LogP contribution in [0.4, 0.5) is 0 Å². The highest BCUT2D eigenvalue weighted by atomic mass is 16.3. The van der Waals surface area contributed by atoms with Gasteiger partial charge >= 0.3 is 0 Å². The quantitative estimate of drug-likeness (QED) is 0.779. The van der Waals surface area contributed by atoms with Gasteiger partial charge < -0.3 is 10.0 Å². The van der Waals surface area contributed by atoms with Gasteiger partial charge in [0.15, 0.2) is 0 Å². The molecule has 0 aromatic carbocycles. The number of hydrogen-bond acceptors (Lipinski definition) is 2. The molecule has 1 N–H and O–H groups in total. The number of aliphatic hydroxyl groups is 1. The van der Waals surface area contributed by atoms with Crippen LogP contribution in [0.5, 0.6) is 0 Å². The van der Waals surface area contributed by atoms with Crippen LogP contribution in [0, 0.1) is 17.3 Å². The van der Waals surface area contributed by atoms with Crippen LogP contribution >= 0.6 is 0 Å². The molecule has 1 aliphatic carbocycles. The summed E-state index contributed by atoms with van der Waals surface area (Å²) in [4.78, 5) is 14.5. The Morgan fingerprint density at radius 1 is 1.22 bits per heavy atom. The van der Waals surface area contributed by atoms with Crippen molar-refractivity contribution in [3.05, 3.63) is 0 Å². The minimum Gasteiger partial charge on any atom is -0.393 e. The van der Waals surface area contributed by atoms with Crippen molar-refractivity contribution in [3.63, 3.8) is 0 Å². The molecule has 0 radical (unpaired) electrons. The van der Waals surface area contributed by atoms with Crippen molar-refractivity contribution < 1.29 is 9.90 Å². The second kappa shape index (κ2) is 5.20. The number of piperidine rings is 1. The molecule has 2 aliphatic rings.